The third-order valence-electron chi connectivity index (χ3n) is 2.44. The van der Waals surface area contributed by atoms with Gasteiger partial charge in [0.05, 0.1) is 12.7 Å². The lowest BCUT2D eigenvalue weighted by atomic mass is 10.1. The van der Waals surface area contributed by atoms with Crippen molar-refractivity contribution in [2.45, 2.75) is 6.92 Å². The van der Waals surface area contributed by atoms with E-state index in [4.69, 9.17) is 5.73 Å². The van der Waals surface area contributed by atoms with Gasteiger partial charge in [0.2, 0.25) is 0 Å². The molecule has 0 atom stereocenters. The molecule has 6 heteroatoms. The summed E-state index contributed by atoms with van der Waals surface area (Å²) in [5.74, 6) is -1.82. The van der Waals surface area contributed by atoms with E-state index in [1.165, 1.54) is 24.1 Å². The molecular formula is C12H15FN2O3. The number of halogens is 1. The van der Waals surface area contributed by atoms with Crippen molar-refractivity contribution in [3.63, 3.8) is 0 Å². The highest BCUT2D eigenvalue weighted by atomic mass is 19.1. The molecule has 0 aromatic heterocycles. The second-order valence-corrected chi connectivity index (χ2v) is 3.63. The highest BCUT2D eigenvalue weighted by Crippen LogP contribution is 2.14. The molecule has 98 valence electrons. The van der Waals surface area contributed by atoms with E-state index >= 15 is 0 Å². The normalized spacial score (nSPS) is 9.94. The predicted molar refractivity (Wildman–Crippen MR) is 64.4 cm³/mol. The molecule has 18 heavy (non-hydrogen) atoms. The number of methoxy groups -OCH3 is 1. The highest BCUT2D eigenvalue weighted by molar-refractivity contribution is 5.96. The summed E-state index contributed by atoms with van der Waals surface area (Å²) in [6, 6.07) is 3.73. The smallest absolute Gasteiger partial charge is 0.325 e. The van der Waals surface area contributed by atoms with Gasteiger partial charge in [-0.2, -0.15) is 0 Å². The third kappa shape index (κ3) is 3.19. The Hall–Kier alpha value is -2.11. The maximum atomic E-state index is 13.5. The molecule has 1 amide bonds. The maximum absolute atomic E-state index is 13.5. The number of esters is 1. The fraction of sp³-hybridized carbons (Fsp3) is 0.333. The van der Waals surface area contributed by atoms with Crippen molar-refractivity contribution in [3.05, 3.63) is 29.6 Å². The molecule has 1 aromatic rings. The molecule has 0 bridgehead atoms. The minimum absolute atomic E-state index is 0.152. The monoisotopic (exact) mass is 254 g/mol. The lowest BCUT2D eigenvalue weighted by Crippen LogP contribution is -2.36. The predicted octanol–water partition coefficient (Wildman–Crippen LogP) is 1.04. The largest absolute Gasteiger partial charge is 0.468 e. The molecule has 5 nitrogen and oxygen atoms in total. The van der Waals surface area contributed by atoms with Crippen molar-refractivity contribution >= 4 is 17.6 Å². The van der Waals surface area contributed by atoms with E-state index in [2.05, 4.69) is 4.74 Å². The summed E-state index contributed by atoms with van der Waals surface area (Å²) < 4.78 is 18.0. The molecule has 0 saturated carbocycles. The third-order valence-corrected chi connectivity index (χ3v) is 2.44. The molecule has 0 saturated heterocycles. The maximum Gasteiger partial charge on any atom is 0.325 e. The minimum atomic E-state index is -0.669. The average Bonchev–Trinajstić information content (AvgIpc) is 2.37. The van der Waals surface area contributed by atoms with Crippen LogP contribution in [0.2, 0.25) is 0 Å². The van der Waals surface area contributed by atoms with Gasteiger partial charge in [0.15, 0.2) is 0 Å². The van der Waals surface area contributed by atoms with E-state index < -0.39 is 17.7 Å². The van der Waals surface area contributed by atoms with Crippen LogP contribution in [0.4, 0.5) is 10.1 Å². The Morgan fingerprint density at radius 1 is 1.44 bits per heavy atom. The van der Waals surface area contributed by atoms with Crippen molar-refractivity contribution in [3.8, 4) is 0 Å². The molecule has 0 aliphatic carbocycles. The number of nitrogens with two attached hydrogens (primary N) is 1. The van der Waals surface area contributed by atoms with E-state index in [-0.39, 0.29) is 24.3 Å². The van der Waals surface area contributed by atoms with Gasteiger partial charge in [-0.3, -0.25) is 9.59 Å². The van der Waals surface area contributed by atoms with Crippen LogP contribution in [-0.2, 0) is 9.53 Å². The lowest BCUT2D eigenvalue weighted by Gasteiger charge is -2.19. The van der Waals surface area contributed by atoms with E-state index in [1.54, 1.807) is 6.92 Å². The summed E-state index contributed by atoms with van der Waals surface area (Å²) in [7, 11) is 1.22. The van der Waals surface area contributed by atoms with E-state index in [0.29, 0.717) is 0 Å². The summed E-state index contributed by atoms with van der Waals surface area (Å²) in [6.07, 6.45) is 0. The van der Waals surface area contributed by atoms with E-state index in [1.807, 2.05) is 0 Å². The van der Waals surface area contributed by atoms with Gasteiger partial charge in [-0.1, -0.05) is 0 Å². The zero-order valence-electron chi connectivity index (χ0n) is 10.3. The summed E-state index contributed by atoms with van der Waals surface area (Å²) in [4.78, 5) is 24.3. The van der Waals surface area contributed by atoms with Crippen LogP contribution in [0.1, 0.15) is 17.3 Å². The van der Waals surface area contributed by atoms with Crippen molar-refractivity contribution in [1.82, 2.24) is 4.90 Å². The molecule has 0 aliphatic rings. The molecule has 0 fully saturated rings. The number of nitrogen functional groups attached to an aromatic ring is 1. The number of benzene rings is 1. The Morgan fingerprint density at radius 2 is 2.11 bits per heavy atom. The van der Waals surface area contributed by atoms with Crippen molar-refractivity contribution in [2.24, 2.45) is 0 Å². The van der Waals surface area contributed by atoms with Gasteiger partial charge in [-0.25, -0.2) is 4.39 Å². The van der Waals surface area contributed by atoms with Crippen LogP contribution in [-0.4, -0.2) is 37.0 Å². The molecule has 0 unspecified atom stereocenters. The van der Waals surface area contributed by atoms with Gasteiger partial charge in [0, 0.05) is 12.2 Å². The van der Waals surface area contributed by atoms with Gasteiger partial charge < -0.3 is 15.4 Å². The summed E-state index contributed by atoms with van der Waals surface area (Å²) in [5.41, 5.74) is 5.64. The fourth-order valence-electron chi connectivity index (χ4n) is 1.42. The van der Waals surface area contributed by atoms with Crippen LogP contribution in [0.5, 0.6) is 0 Å². The molecule has 1 aromatic carbocycles. The van der Waals surface area contributed by atoms with Crippen LogP contribution in [0.15, 0.2) is 18.2 Å². The topological polar surface area (TPSA) is 72.6 Å². The number of carbonyl (C=O) groups excluding carboxylic acids is 2. The van der Waals surface area contributed by atoms with Crippen LogP contribution < -0.4 is 5.73 Å². The number of rotatable bonds is 4. The van der Waals surface area contributed by atoms with Crippen molar-refractivity contribution in [2.75, 3.05) is 25.9 Å². The summed E-state index contributed by atoms with van der Waals surface area (Å²) in [6.45, 7) is 1.73. The number of hydrogen-bond donors (Lipinski definition) is 1. The first-order valence-electron chi connectivity index (χ1n) is 5.40. The number of carbonyl (C=O) groups is 2. The van der Waals surface area contributed by atoms with Crippen LogP contribution in [0, 0.1) is 5.82 Å². The van der Waals surface area contributed by atoms with Crippen LogP contribution in [0.3, 0.4) is 0 Å². The van der Waals surface area contributed by atoms with Gasteiger partial charge in [0.25, 0.3) is 5.91 Å². The first-order valence-corrected chi connectivity index (χ1v) is 5.40. The summed E-state index contributed by atoms with van der Waals surface area (Å²) >= 11 is 0. The van der Waals surface area contributed by atoms with Crippen molar-refractivity contribution < 1.29 is 18.7 Å². The molecule has 0 heterocycles. The first kappa shape index (κ1) is 14.0. The van der Waals surface area contributed by atoms with Gasteiger partial charge in [-0.15, -0.1) is 0 Å². The number of likely N-dealkylation sites (N-methyl/N-ethyl adjacent to an activating group) is 1. The number of hydrogen-bond acceptors (Lipinski definition) is 4. The quantitative estimate of drug-likeness (QED) is 0.643. The zero-order chi connectivity index (χ0) is 13.7. The number of nitrogens with zero attached hydrogens (tertiary/aromatic N) is 1. The number of anilines is 1. The first-order chi connectivity index (χ1) is 8.49. The Morgan fingerprint density at radius 3 is 2.67 bits per heavy atom. The second kappa shape index (κ2) is 6.00. The second-order valence-electron chi connectivity index (χ2n) is 3.63. The lowest BCUT2D eigenvalue weighted by molar-refractivity contribution is -0.141. The molecule has 2 N–H and O–H groups in total. The Kier molecular flexibility index (Phi) is 4.65. The Bertz CT molecular complexity index is 463. The zero-order valence-corrected chi connectivity index (χ0v) is 10.3. The molecular weight excluding hydrogens is 239 g/mol. The molecule has 1 rings (SSSR count). The number of amides is 1. The van der Waals surface area contributed by atoms with Crippen LogP contribution in [0.25, 0.3) is 0 Å². The molecule has 0 spiro atoms. The van der Waals surface area contributed by atoms with E-state index in [9.17, 15) is 14.0 Å². The Balaban J connectivity index is 2.96. The number of ether oxygens (including phenoxy) is 1. The fourth-order valence-corrected chi connectivity index (χ4v) is 1.42. The van der Waals surface area contributed by atoms with Gasteiger partial charge in [-0.05, 0) is 25.1 Å². The SMILES string of the molecule is CCN(CC(=O)OC)C(=O)c1cc(N)ccc1F. The summed E-state index contributed by atoms with van der Waals surface area (Å²) in [5, 5.41) is 0. The minimum Gasteiger partial charge on any atom is -0.468 e. The van der Waals surface area contributed by atoms with Crippen LogP contribution >= 0.6 is 0 Å². The Labute approximate surface area is 104 Å². The molecule has 0 aliphatic heterocycles. The van der Waals surface area contributed by atoms with E-state index in [0.717, 1.165) is 6.07 Å². The standard InChI is InChI=1S/C12H15FN2O3/c1-3-15(7-11(16)18-2)12(17)9-6-8(14)4-5-10(9)13/h4-6H,3,7,14H2,1-2H3. The van der Waals surface area contributed by atoms with Gasteiger partial charge in [0.1, 0.15) is 12.4 Å². The molecule has 0 radical (unpaired) electrons. The average molecular weight is 254 g/mol. The van der Waals surface area contributed by atoms with Crippen molar-refractivity contribution in [1.29, 1.82) is 0 Å². The van der Waals surface area contributed by atoms with Gasteiger partial charge >= 0.3 is 5.97 Å². The highest BCUT2D eigenvalue weighted by Gasteiger charge is 2.20.